The molecule has 3 amide bonds. The van der Waals surface area contributed by atoms with Crippen LogP contribution in [0, 0.1) is 11.8 Å². The Kier molecular flexibility index (Phi) is 8.56. The predicted octanol–water partition coefficient (Wildman–Crippen LogP) is 2.71. The van der Waals surface area contributed by atoms with Gasteiger partial charge in [-0.05, 0) is 55.9 Å². The van der Waals surface area contributed by atoms with Crippen molar-refractivity contribution in [2.75, 3.05) is 32.1 Å². The highest BCUT2D eigenvalue weighted by Gasteiger charge is 2.52. The maximum atomic E-state index is 13.7. The summed E-state index contributed by atoms with van der Waals surface area (Å²) in [7, 11) is 3.86. The van der Waals surface area contributed by atoms with E-state index in [9.17, 15) is 19.2 Å². The van der Waals surface area contributed by atoms with Gasteiger partial charge in [-0.1, -0.05) is 27.7 Å². The van der Waals surface area contributed by atoms with Gasteiger partial charge < -0.3 is 20.0 Å². The number of ketones is 1. The van der Waals surface area contributed by atoms with Crippen LogP contribution in [0.1, 0.15) is 63.7 Å². The molecule has 0 spiro atoms. The Morgan fingerprint density at radius 2 is 1.66 bits per heavy atom. The van der Waals surface area contributed by atoms with Gasteiger partial charge in [0.2, 0.25) is 11.8 Å². The van der Waals surface area contributed by atoms with Crippen LogP contribution in [0.3, 0.4) is 0 Å². The second kappa shape index (κ2) is 11.2. The second-order valence-electron chi connectivity index (χ2n) is 10.4. The van der Waals surface area contributed by atoms with Gasteiger partial charge in [0.15, 0.2) is 5.78 Å². The van der Waals surface area contributed by atoms with Crippen molar-refractivity contribution in [2.24, 2.45) is 11.8 Å². The van der Waals surface area contributed by atoms with Gasteiger partial charge in [-0.2, -0.15) is 0 Å². The topological polar surface area (TPSA) is 90.0 Å². The van der Waals surface area contributed by atoms with E-state index in [0.717, 1.165) is 18.5 Å². The average Bonchev–Trinajstić information content (AvgIpc) is 3.40. The molecule has 2 saturated heterocycles. The lowest BCUT2D eigenvalue weighted by Gasteiger charge is -2.29. The highest BCUT2D eigenvalue weighted by molar-refractivity contribution is 6.01. The number of hydrogen-bond donors (Lipinski definition) is 1. The summed E-state index contributed by atoms with van der Waals surface area (Å²) in [6.07, 6.45) is 2.53. The smallest absolute Gasteiger partial charge is 0.251 e. The zero-order valence-electron chi connectivity index (χ0n) is 21.9. The van der Waals surface area contributed by atoms with Crippen molar-refractivity contribution in [3.63, 3.8) is 0 Å². The molecule has 3 rings (SSSR count). The van der Waals surface area contributed by atoms with Gasteiger partial charge in [0.1, 0.15) is 12.1 Å². The standard InChI is InChI=1S/C27H40N4O4/c1-7-18(8-2)26(34)31-16-23(32)24-22(31)13-14-30(24)27(35)21(15-17(3)4)28-25(33)19-9-11-20(12-10-19)29(5)6/h9-12,17-18,21-22,24H,7-8,13-16H2,1-6H3,(H,28,33)/t21-,22+,24-/m0/s1. The van der Waals surface area contributed by atoms with E-state index in [1.807, 2.05) is 58.8 Å². The highest BCUT2D eigenvalue weighted by Crippen LogP contribution is 2.32. The Bertz CT molecular complexity index is 939. The fraction of sp³-hybridized carbons (Fsp3) is 0.630. The van der Waals surface area contributed by atoms with Crippen LogP contribution < -0.4 is 10.2 Å². The van der Waals surface area contributed by atoms with Gasteiger partial charge in [0, 0.05) is 37.8 Å². The van der Waals surface area contributed by atoms with E-state index in [4.69, 9.17) is 0 Å². The van der Waals surface area contributed by atoms with Crippen LogP contribution >= 0.6 is 0 Å². The zero-order chi connectivity index (χ0) is 25.9. The van der Waals surface area contributed by atoms with Crippen molar-refractivity contribution in [2.45, 2.75) is 71.5 Å². The first-order chi connectivity index (χ1) is 16.6. The molecule has 2 aliphatic rings. The van der Waals surface area contributed by atoms with E-state index in [1.54, 1.807) is 21.9 Å². The number of amides is 3. The van der Waals surface area contributed by atoms with Crippen molar-refractivity contribution in [3.8, 4) is 0 Å². The number of benzene rings is 1. The molecule has 0 aromatic heterocycles. The minimum absolute atomic E-state index is 0.0124. The summed E-state index contributed by atoms with van der Waals surface area (Å²) in [6, 6.07) is 5.60. The highest BCUT2D eigenvalue weighted by atomic mass is 16.2. The molecule has 8 heteroatoms. The lowest BCUT2D eigenvalue weighted by molar-refractivity contribution is -0.138. The fourth-order valence-electron chi connectivity index (χ4n) is 5.28. The van der Waals surface area contributed by atoms with Crippen LogP contribution in [0.2, 0.25) is 0 Å². The summed E-state index contributed by atoms with van der Waals surface area (Å²) in [4.78, 5) is 57.9. The van der Waals surface area contributed by atoms with Crippen molar-refractivity contribution in [1.82, 2.24) is 15.1 Å². The number of carbonyl (C=O) groups excluding carboxylic acids is 4. The summed E-state index contributed by atoms with van der Waals surface area (Å²) in [5.41, 5.74) is 1.46. The Morgan fingerprint density at radius 3 is 2.20 bits per heavy atom. The van der Waals surface area contributed by atoms with Gasteiger partial charge in [-0.3, -0.25) is 19.2 Å². The fourth-order valence-corrected chi connectivity index (χ4v) is 5.28. The van der Waals surface area contributed by atoms with E-state index in [0.29, 0.717) is 24.9 Å². The first kappa shape index (κ1) is 26.7. The van der Waals surface area contributed by atoms with Gasteiger partial charge in [0.05, 0.1) is 12.6 Å². The number of hydrogen-bond acceptors (Lipinski definition) is 5. The molecule has 3 atom stereocenters. The van der Waals surface area contributed by atoms with E-state index in [1.165, 1.54) is 0 Å². The Balaban J connectivity index is 1.76. The largest absolute Gasteiger partial charge is 0.378 e. The molecular weight excluding hydrogens is 444 g/mol. The quantitative estimate of drug-likeness (QED) is 0.582. The Labute approximate surface area is 209 Å². The van der Waals surface area contributed by atoms with Crippen LogP contribution in [0.15, 0.2) is 24.3 Å². The van der Waals surface area contributed by atoms with Crippen molar-refractivity contribution >= 4 is 29.2 Å². The second-order valence-corrected chi connectivity index (χ2v) is 10.4. The lowest BCUT2D eigenvalue weighted by atomic mass is 10.0. The lowest BCUT2D eigenvalue weighted by Crippen LogP contribution is -2.53. The number of nitrogens with zero attached hydrogens (tertiary/aromatic N) is 3. The van der Waals surface area contributed by atoms with E-state index in [-0.39, 0.29) is 47.9 Å². The number of nitrogens with one attached hydrogen (secondary N) is 1. The molecule has 0 unspecified atom stereocenters. The van der Waals surface area contributed by atoms with Crippen LogP contribution in [0.4, 0.5) is 5.69 Å². The van der Waals surface area contributed by atoms with Crippen LogP contribution in [0.5, 0.6) is 0 Å². The maximum Gasteiger partial charge on any atom is 0.251 e. The molecule has 8 nitrogen and oxygen atoms in total. The summed E-state index contributed by atoms with van der Waals surface area (Å²) >= 11 is 0. The molecule has 1 aromatic rings. The minimum atomic E-state index is -0.730. The van der Waals surface area contributed by atoms with Crippen LogP contribution in [0.25, 0.3) is 0 Å². The SMILES string of the molecule is CCC(CC)C(=O)N1CC(=O)[C@@H]2[C@H]1CCN2C(=O)[C@H](CC(C)C)NC(=O)c1ccc(N(C)C)cc1. The number of carbonyl (C=O) groups is 4. The molecule has 2 heterocycles. The average molecular weight is 485 g/mol. The molecule has 2 aliphatic heterocycles. The third kappa shape index (κ3) is 5.68. The molecule has 0 aliphatic carbocycles. The number of Topliss-reactive ketones (excluding diaryl/α,β-unsaturated/α-hetero) is 1. The number of anilines is 1. The third-order valence-corrected chi connectivity index (χ3v) is 7.28. The predicted molar refractivity (Wildman–Crippen MR) is 136 cm³/mol. The summed E-state index contributed by atoms with van der Waals surface area (Å²) in [6.45, 7) is 8.45. The third-order valence-electron chi connectivity index (χ3n) is 7.28. The Morgan fingerprint density at radius 1 is 1.03 bits per heavy atom. The van der Waals surface area contributed by atoms with Crippen LogP contribution in [-0.2, 0) is 14.4 Å². The van der Waals surface area contributed by atoms with Gasteiger partial charge >= 0.3 is 0 Å². The molecule has 1 aromatic carbocycles. The first-order valence-corrected chi connectivity index (χ1v) is 12.8. The molecule has 0 radical (unpaired) electrons. The normalized spacial score (nSPS) is 20.4. The molecule has 1 N–H and O–H groups in total. The van der Waals surface area contributed by atoms with Crippen molar-refractivity contribution in [1.29, 1.82) is 0 Å². The molecule has 2 fully saturated rings. The summed E-state index contributed by atoms with van der Waals surface area (Å²) in [5, 5.41) is 2.92. The van der Waals surface area contributed by atoms with Gasteiger partial charge in [-0.15, -0.1) is 0 Å². The van der Waals surface area contributed by atoms with Crippen molar-refractivity contribution in [3.05, 3.63) is 29.8 Å². The molecular formula is C27H40N4O4. The molecule has 0 saturated carbocycles. The number of rotatable bonds is 9. The Hall–Kier alpha value is -2.90. The molecule has 192 valence electrons. The number of fused-ring (bicyclic) bond motifs is 1. The van der Waals surface area contributed by atoms with Gasteiger partial charge in [-0.25, -0.2) is 0 Å². The monoisotopic (exact) mass is 484 g/mol. The first-order valence-electron chi connectivity index (χ1n) is 12.8. The minimum Gasteiger partial charge on any atom is -0.378 e. The maximum absolute atomic E-state index is 13.7. The number of likely N-dealkylation sites (tertiary alicyclic amines) is 2. The van der Waals surface area contributed by atoms with E-state index in [2.05, 4.69) is 5.32 Å². The van der Waals surface area contributed by atoms with E-state index >= 15 is 0 Å². The van der Waals surface area contributed by atoms with Crippen LogP contribution in [-0.4, -0.2) is 78.6 Å². The zero-order valence-corrected chi connectivity index (χ0v) is 21.9. The van der Waals surface area contributed by atoms with Crippen molar-refractivity contribution < 1.29 is 19.2 Å². The molecule has 0 bridgehead atoms. The van der Waals surface area contributed by atoms with E-state index < -0.39 is 12.1 Å². The molecule has 35 heavy (non-hydrogen) atoms. The summed E-state index contributed by atoms with van der Waals surface area (Å²) in [5.74, 6) is -0.556. The summed E-state index contributed by atoms with van der Waals surface area (Å²) < 4.78 is 0. The van der Waals surface area contributed by atoms with Gasteiger partial charge in [0.25, 0.3) is 5.91 Å².